The van der Waals surface area contributed by atoms with Crippen LogP contribution in [0, 0.1) is 6.92 Å². The second kappa shape index (κ2) is 7.15. The predicted molar refractivity (Wildman–Crippen MR) is 103 cm³/mol. The quantitative estimate of drug-likeness (QED) is 0.693. The average Bonchev–Trinajstić information content (AvgIpc) is 2.63. The van der Waals surface area contributed by atoms with Gasteiger partial charge in [0.25, 0.3) is 5.91 Å². The molecule has 140 valence electrons. The highest BCUT2D eigenvalue weighted by Crippen LogP contribution is 2.21. The summed E-state index contributed by atoms with van der Waals surface area (Å²) in [5, 5.41) is 3.18. The Morgan fingerprint density at radius 2 is 1.85 bits per heavy atom. The molecule has 0 aliphatic rings. The number of carbonyl (C=O) groups is 1. The number of aryl methyl sites for hydroxylation is 1. The summed E-state index contributed by atoms with van der Waals surface area (Å²) in [5.41, 5.74) is 0.584. The molecule has 0 saturated carbocycles. The highest BCUT2D eigenvalue weighted by Gasteiger charge is 2.17. The van der Waals surface area contributed by atoms with E-state index in [1.54, 1.807) is 25.1 Å². The monoisotopic (exact) mass is 406 g/mol. The summed E-state index contributed by atoms with van der Waals surface area (Å²) in [6.45, 7) is 1.64. The number of sulfonamides is 1. The molecule has 0 saturated heterocycles. The van der Waals surface area contributed by atoms with E-state index in [0.717, 1.165) is 6.07 Å². The van der Waals surface area contributed by atoms with Gasteiger partial charge in [-0.25, -0.2) is 13.1 Å². The van der Waals surface area contributed by atoms with E-state index in [0.29, 0.717) is 10.6 Å². The highest BCUT2D eigenvalue weighted by atomic mass is 35.5. The van der Waals surface area contributed by atoms with Crippen LogP contribution in [0.5, 0.6) is 0 Å². The van der Waals surface area contributed by atoms with Gasteiger partial charge >= 0.3 is 0 Å². The molecule has 7 nitrogen and oxygen atoms in total. The number of hydrogen-bond donors (Lipinski definition) is 2. The van der Waals surface area contributed by atoms with Gasteiger partial charge in [-0.15, -0.1) is 0 Å². The van der Waals surface area contributed by atoms with E-state index in [9.17, 15) is 18.0 Å². The summed E-state index contributed by atoms with van der Waals surface area (Å²) in [6, 6.07) is 10.0. The first-order valence-electron chi connectivity index (χ1n) is 7.80. The van der Waals surface area contributed by atoms with Crippen molar-refractivity contribution >= 4 is 44.2 Å². The van der Waals surface area contributed by atoms with Crippen LogP contribution in [-0.2, 0) is 10.0 Å². The van der Waals surface area contributed by atoms with Crippen LogP contribution in [0.15, 0.2) is 56.6 Å². The van der Waals surface area contributed by atoms with Crippen LogP contribution >= 0.6 is 11.6 Å². The first-order chi connectivity index (χ1) is 12.7. The minimum absolute atomic E-state index is 0.0393. The maximum Gasteiger partial charge on any atom is 0.291 e. The molecule has 0 aliphatic heterocycles. The smallest absolute Gasteiger partial charge is 0.291 e. The lowest BCUT2D eigenvalue weighted by atomic mass is 10.2. The molecule has 1 heterocycles. The van der Waals surface area contributed by atoms with Gasteiger partial charge in [-0.3, -0.25) is 9.59 Å². The van der Waals surface area contributed by atoms with Gasteiger partial charge in [-0.05, 0) is 49.9 Å². The molecule has 0 atom stereocenters. The van der Waals surface area contributed by atoms with Crippen LogP contribution in [0.1, 0.15) is 16.1 Å². The lowest BCUT2D eigenvalue weighted by Gasteiger charge is -2.10. The Labute approximate surface area is 160 Å². The van der Waals surface area contributed by atoms with Gasteiger partial charge in [0.2, 0.25) is 10.0 Å². The molecule has 3 aromatic rings. The summed E-state index contributed by atoms with van der Waals surface area (Å²) in [4.78, 5) is 24.7. The SMILES string of the molecule is CNS(=O)(=O)c1cc(NC(=O)c2cc(=O)c3cc(Cl)ccc3o2)ccc1C. The Kier molecular flexibility index (Phi) is 5.05. The van der Waals surface area contributed by atoms with E-state index < -0.39 is 21.4 Å². The molecular weight excluding hydrogens is 392 g/mol. The van der Waals surface area contributed by atoms with Crippen molar-refractivity contribution < 1.29 is 17.6 Å². The molecule has 0 fully saturated rings. The molecular formula is C18H15ClN2O5S. The molecule has 9 heteroatoms. The van der Waals surface area contributed by atoms with Gasteiger partial charge in [0.05, 0.1) is 10.3 Å². The number of hydrogen-bond acceptors (Lipinski definition) is 5. The molecule has 0 radical (unpaired) electrons. The van der Waals surface area contributed by atoms with E-state index in [2.05, 4.69) is 10.0 Å². The molecule has 0 spiro atoms. The normalized spacial score (nSPS) is 11.5. The molecule has 0 bridgehead atoms. The summed E-state index contributed by atoms with van der Waals surface area (Å²) in [5.74, 6) is -0.881. The van der Waals surface area contributed by atoms with E-state index >= 15 is 0 Å². The molecule has 0 unspecified atom stereocenters. The lowest BCUT2D eigenvalue weighted by Crippen LogP contribution is -2.20. The van der Waals surface area contributed by atoms with Crippen LogP contribution < -0.4 is 15.5 Å². The van der Waals surface area contributed by atoms with Crippen molar-refractivity contribution in [3.63, 3.8) is 0 Å². The van der Waals surface area contributed by atoms with Gasteiger partial charge in [0.1, 0.15) is 5.58 Å². The third-order valence-corrected chi connectivity index (χ3v) is 5.71. The van der Waals surface area contributed by atoms with Crippen molar-refractivity contribution in [1.29, 1.82) is 0 Å². The van der Waals surface area contributed by atoms with Crippen LogP contribution in [0.4, 0.5) is 5.69 Å². The fourth-order valence-corrected chi connectivity index (χ4v) is 3.68. The maximum atomic E-state index is 12.5. The summed E-state index contributed by atoms with van der Waals surface area (Å²) in [7, 11) is -2.38. The molecule has 1 aromatic heterocycles. The first-order valence-corrected chi connectivity index (χ1v) is 9.66. The topological polar surface area (TPSA) is 105 Å². The number of rotatable bonds is 4. The van der Waals surface area contributed by atoms with Crippen molar-refractivity contribution in [1.82, 2.24) is 4.72 Å². The van der Waals surface area contributed by atoms with Crippen molar-refractivity contribution in [2.75, 3.05) is 12.4 Å². The second-order valence-electron chi connectivity index (χ2n) is 5.76. The summed E-state index contributed by atoms with van der Waals surface area (Å²) < 4.78 is 31.8. The van der Waals surface area contributed by atoms with Crippen molar-refractivity contribution in [2.24, 2.45) is 0 Å². The number of carbonyl (C=O) groups excluding carboxylic acids is 1. The zero-order valence-corrected chi connectivity index (χ0v) is 15.9. The van der Waals surface area contributed by atoms with Crippen LogP contribution in [0.3, 0.4) is 0 Å². The van der Waals surface area contributed by atoms with E-state index in [1.807, 2.05) is 0 Å². The van der Waals surface area contributed by atoms with Gasteiger partial charge in [-0.2, -0.15) is 0 Å². The summed E-state index contributed by atoms with van der Waals surface area (Å²) >= 11 is 5.86. The zero-order chi connectivity index (χ0) is 19.8. The molecule has 3 rings (SSSR count). The second-order valence-corrected chi connectivity index (χ2v) is 8.05. The lowest BCUT2D eigenvalue weighted by molar-refractivity contribution is 0.0997. The standard InChI is InChI=1S/C18H15ClN2O5S/c1-10-3-5-12(8-17(10)27(24,25)20-2)21-18(23)16-9-14(22)13-7-11(19)4-6-15(13)26-16/h3-9,20H,1-2H3,(H,21,23). The molecule has 2 aromatic carbocycles. The van der Waals surface area contributed by atoms with E-state index in [4.69, 9.17) is 16.0 Å². The van der Waals surface area contributed by atoms with Gasteiger partial charge in [0.15, 0.2) is 11.2 Å². The van der Waals surface area contributed by atoms with Gasteiger partial charge < -0.3 is 9.73 Å². The number of amides is 1. The average molecular weight is 407 g/mol. The van der Waals surface area contributed by atoms with Gasteiger partial charge in [-0.1, -0.05) is 17.7 Å². The molecule has 1 amide bonds. The minimum atomic E-state index is -3.68. The van der Waals surface area contributed by atoms with E-state index in [1.165, 1.54) is 25.2 Å². The Morgan fingerprint density at radius 1 is 1.11 bits per heavy atom. The van der Waals surface area contributed by atoms with Crippen LogP contribution in [-0.4, -0.2) is 21.4 Å². The Balaban J connectivity index is 1.97. The Hall–Kier alpha value is -2.68. The number of anilines is 1. The number of fused-ring (bicyclic) bond motifs is 1. The maximum absolute atomic E-state index is 12.5. The highest BCUT2D eigenvalue weighted by molar-refractivity contribution is 7.89. The number of nitrogens with one attached hydrogen (secondary N) is 2. The van der Waals surface area contributed by atoms with Crippen LogP contribution in [0.2, 0.25) is 5.02 Å². The minimum Gasteiger partial charge on any atom is -0.451 e. The van der Waals surface area contributed by atoms with Crippen molar-refractivity contribution in [2.45, 2.75) is 11.8 Å². The number of halogens is 1. The predicted octanol–water partition coefficient (Wildman–Crippen LogP) is 2.92. The summed E-state index contributed by atoms with van der Waals surface area (Å²) in [6.07, 6.45) is 0. The largest absolute Gasteiger partial charge is 0.451 e. The third kappa shape index (κ3) is 3.87. The Bertz CT molecular complexity index is 1220. The zero-order valence-electron chi connectivity index (χ0n) is 14.4. The third-order valence-electron chi connectivity index (χ3n) is 3.92. The first kappa shape index (κ1) is 19.1. The molecule has 2 N–H and O–H groups in total. The van der Waals surface area contributed by atoms with Gasteiger partial charge in [0, 0.05) is 16.8 Å². The number of benzene rings is 2. The van der Waals surface area contributed by atoms with E-state index in [-0.39, 0.29) is 27.3 Å². The fraction of sp³-hybridized carbons (Fsp3) is 0.111. The van der Waals surface area contributed by atoms with Crippen LogP contribution in [0.25, 0.3) is 11.0 Å². The molecule has 27 heavy (non-hydrogen) atoms. The van der Waals surface area contributed by atoms with Crippen molar-refractivity contribution in [3.8, 4) is 0 Å². The van der Waals surface area contributed by atoms with Crippen molar-refractivity contribution in [3.05, 3.63) is 69.0 Å². The molecule has 0 aliphatic carbocycles. The fourth-order valence-electron chi connectivity index (χ4n) is 2.51. The Morgan fingerprint density at radius 3 is 2.56 bits per heavy atom.